The van der Waals surface area contributed by atoms with Gasteiger partial charge in [-0.3, -0.25) is 14.2 Å². The summed E-state index contributed by atoms with van der Waals surface area (Å²) < 4.78 is 14.4. The molecule has 1 N–H and O–H groups in total. The van der Waals surface area contributed by atoms with Crippen molar-refractivity contribution in [1.82, 2.24) is 4.57 Å². The van der Waals surface area contributed by atoms with Gasteiger partial charge in [-0.15, -0.1) is 0 Å². The number of carbonyl (C=O) groups is 1. The van der Waals surface area contributed by atoms with Crippen LogP contribution in [-0.4, -0.2) is 10.5 Å². The lowest BCUT2D eigenvalue weighted by Crippen LogP contribution is -2.25. The number of carbonyl (C=O) groups excluding carboxylic acids is 1. The van der Waals surface area contributed by atoms with Gasteiger partial charge in [0.1, 0.15) is 11.5 Å². The van der Waals surface area contributed by atoms with Crippen LogP contribution in [0.3, 0.4) is 0 Å². The molecule has 25 heavy (non-hydrogen) atoms. The number of fused-ring (bicyclic) bond motifs is 1. The third kappa shape index (κ3) is 3.35. The highest BCUT2D eigenvalue weighted by atomic mass is 19.1. The van der Waals surface area contributed by atoms with Gasteiger partial charge in [-0.2, -0.15) is 0 Å². The van der Waals surface area contributed by atoms with Crippen LogP contribution < -0.4 is 10.9 Å². The summed E-state index contributed by atoms with van der Waals surface area (Å²) in [5.41, 5.74) is 1.36. The minimum absolute atomic E-state index is 0.00390. The number of nitrogens with one attached hydrogen (secondary N) is 1. The second-order valence-corrected chi connectivity index (χ2v) is 5.67. The maximum Gasteiger partial charge on any atom is 0.272 e. The van der Waals surface area contributed by atoms with Crippen LogP contribution in [0.4, 0.5) is 10.1 Å². The maximum atomic E-state index is 13.3. The van der Waals surface area contributed by atoms with Crippen LogP contribution in [0.5, 0.6) is 0 Å². The van der Waals surface area contributed by atoms with E-state index in [9.17, 15) is 14.0 Å². The molecule has 0 aliphatic heterocycles. The van der Waals surface area contributed by atoms with Crippen LogP contribution in [0.25, 0.3) is 16.5 Å². The average Bonchev–Trinajstić information content (AvgIpc) is 2.62. The lowest BCUT2D eigenvalue weighted by atomic mass is 10.1. The zero-order chi connectivity index (χ0) is 18.0. The SMILES string of the molecule is C=C(C(=O)Nc1ccc(CC)cc1)n1ccc2cc(F)ccc2c1=O. The van der Waals surface area contributed by atoms with Crippen molar-refractivity contribution in [2.45, 2.75) is 13.3 Å². The summed E-state index contributed by atoms with van der Waals surface area (Å²) in [6, 6.07) is 12.9. The van der Waals surface area contributed by atoms with Crippen LogP contribution in [-0.2, 0) is 11.2 Å². The number of benzene rings is 2. The average molecular weight is 336 g/mol. The number of anilines is 1. The standard InChI is InChI=1S/C20H17FN2O2/c1-3-14-4-7-17(8-5-14)22-19(24)13(2)23-11-10-15-12-16(21)6-9-18(15)20(23)25/h4-12H,2-3H2,1H3,(H,22,24). The normalized spacial score (nSPS) is 10.6. The fourth-order valence-corrected chi connectivity index (χ4v) is 2.57. The van der Waals surface area contributed by atoms with Crippen LogP contribution in [0.2, 0.25) is 0 Å². The summed E-state index contributed by atoms with van der Waals surface area (Å²) >= 11 is 0. The van der Waals surface area contributed by atoms with E-state index < -0.39 is 17.3 Å². The van der Waals surface area contributed by atoms with Gasteiger partial charge in [0.15, 0.2) is 0 Å². The number of aryl methyl sites for hydroxylation is 1. The Bertz CT molecular complexity index is 1020. The fraction of sp³-hybridized carbons (Fsp3) is 0.100. The van der Waals surface area contributed by atoms with Crippen molar-refractivity contribution < 1.29 is 9.18 Å². The predicted molar refractivity (Wildman–Crippen MR) is 97.9 cm³/mol. The molecular weight excluding hydrogens is 319 g/mol. The Morgan fingerprint density at radius 3 is 2.56 bits per heavy atom. The zero-order valence-corrected chi connectivity index (χ0v) is 13.8. The molecule has 3 rings (SSSR count). The number of hydrogen-bond donors (Lipinski definition) is 1. The summed E-state index contributed by atoms with van der Waals surface area (Å²) in [5.74, 6) is -0.899. The molecule has 0 saturated heterocycles. The van der Waals surface area contributed by atoms with Gasteiger partial charge in [0, 0.05) is 17.3 Å². The highest BCUT2D eigenvalue weighted by molar-refractivity contribution is 6.19. The van der Waals surface area contributed by atoms with Gasteiger partial charge < -0.3 is 5.32 Å². The van der Waals surface area contributed by atoms with E-state index in [1.807, 2.05) is 19.1 Å². The van der Waals surface area contributed by atoms with E-state index in [-0.39, 0.29) is 5.70 Å². The van der Waals surface area contributed by atoms with Crippen LogP contribution in [0, 0.1) is 5.82 Å². The molecule has 4 nitrogen and oxygen atoms in total. The molecule has 1 heterocycles. The van der Waals surface area contributed by atoms with Gasteiger partial charge in [-0.25, -0.2) is 4.39 Å². The molecule has 0 spiro atoms. The topological polar surface area (TPSA) is 51.1 Å². The molecule has 0 aliphatic carbocycles. The Balaban J connectivity index is 1.88. The van der Waals surface area contributed by atoms with Crippen molar-refractivity contribution >= 4 is 28.1 Å². The summed E-state index contributed by atoms with van der Waals surface area (Å²) in [4.78, 5) is 24.9. The monoisotopic (exact) mass is 336 g/mol. The van der Waals surface area contributed by atoms with Crippen molar-refractivity contribution in [2.75, 3.05) is 5.32 Å². The first kappa shape index (κ1) is 16.6. The molecule has 2 aromatic carbocycles. The molecule has 0 atom stereocenters. The molecule has 0 aliphatic rings. The molecular formula is C20H17FN2O2. The van der Waals surface area contributed by atoms with E-state index in [4.69, 9.17) is 0 Å². The van der Waals surface area contributed by atoms with Gasteiger partial charge in [0.05, 0.1) is 0 Å². The van der Waals surface area contributed by atoms with E-state index in [0.29, 0.717) is 16.5 Å². The summed E-state index contributed by atoms with van der Waals surface area (Å²) in [5, 5.41) is 3.52. The van der Waals surface area contributed by atoms with E-state index in [1.54, 1.807) is 18.2 Å². The zero-order valence-electron chi connectivity index (χ0n) is 13.8. The van der Waals surface area contributed by atoms with Gasteiger partial charge in [0.25, 0.3) is 11.5 Å². The largest absolute Gasteiger partial charge is 0.321 e. The Morgan fingerprint density at radius 1 is 1.16 bits per heavy atom. The lowest BCUT2D eigenvalue weighted by Gasteiger charge is -2.11. The Kier molecular flexibility index (Phi) is 4.48. The van der Waals surface area contributed by atoms with Crippen molar-refractivity contribution in [2.24, 2.45) is 0 Å². The van der Waals surface area contributed by atoms with Crippen LogP contribution >= 0.6 is 0 Å². The number of aromatic nitrogens is 1. The number of halogens is 1. The molecule has 0 unspecified atom stereocenters. The molecule has 3 aromatic rings. The number of amides is 1. The number of rotatable bonds is 4. The Labute approximate surface area is 144 Å². The number of pyridine rings is 1. The first-order chi connectivity index (χ1) is 12.0. The first-order valence-corrected chi connectivity index (χ1v) is 7.90. The molecule has 0 bridgehead atoms. The van der Waals surface area contributed by atoms with Gasteiger partial charge in [-0.1, -0.05) is 25.6 Å². The number of hydrogen-bond acceptors (Lipinski definition) is 2. The second kappa shape index (κ2) is 6.73. The third-order valence-electron chi connectivity index (χ3n) is 4.04. The van der Waals surface area contributed by atoms with Crippen LogP contribution in [0.1, 0.15) is 12.5 Å². The second-order valence-electron chi connectivity index (χ2n) is 5.67. The first-order valence-electron chi connectivity index (χ1n) is 7.90. The summed E-state index contributed by atoms with van der Waals surface area (Å²) in [7, 11) is 0. The molecule has 1 amide bonds. The maximum absolute atomic E-state index is 13.3. The fourth-order valence-electron chi connectivity index (χ4n) is 2.57. The minimum Gasteiger partial charge on any atom is -0.321 e. The van der Waals surface area contributed by atoms with Crippen LogP contribution in [0.15, 0.2) is 66.1 Å². The quantitative estimate of drug-likeness (QED) is 0.737. The Hall–Kier alpha value is -3.21. The molecule has 5 heteroatoms. The van der Waals surface area contributed by atoms with Gasteiger partial charge in [0.2, 0.25) is 0 Å². The van der Waals surface area contributed by atoms with Crippen molar-refractivity contribution in [3.05, 3.63) is 83.0 Å². The Morgan fingerprint density at radius 2 is 1.88 bits per heavy atom. The van der Waals surface area contributed by atoms with Crippen molar-refractivity contribution in [3.8, 4) is 0 Å². The van der Waals surface area contributed by atoms with E-state index in [1.165, 1.54) is 24.4 Å². The molecule has 0 fully saturated rings. The smallest absolute Gasteiger partial charge is 0.272 e. The highest BCUT2D eigenvalue weighted by Gasteiger charge is 2.13. The van der Waals surface area contributed by atoms with Gasteiger partial charge >= 0.3 is 0 Å². The molecule has 0 radical (unpaired) electrons. The number of nitrogens with zero attached hydrogens (tertiary/aromatic N) is 1. The minimum atomic E-state index is -0.479. The van der Waals surface area contributed by atoms with E-state index in [0.717, 1.165) is 16.6 Å². The molecule has 126 valence electrons. The molecule has 0 saturated carbocycles. The van der Waals surface area contributed by atoms with E-state index in [2.05, 4.69) is 11.9 Å². The van der Waals surface area contributed by atoms with Gasteiger partial charge in [-0.05, 0) is 53.8 Å². The van der Waals surface area contributed by atoms with Crippen molar-refractivity contribution in [3.63, 3.8) is 0 Å². The third-order valence-corrected chi connectivity index (χ3v) is 4.04. The summed E-state index contributed by atoms with van der Waals surface area (Å²) in [6.45, 7) is 5.77. The summed E-state index contributed by atoms with van der Waals surface area (Å²) in [6.07, 6.45) is 2.33. The highest BCUT2D eigenvalue weighted by Crippen LogP contribution is 2.15. The molecule has 1 aromatic heterocycles. The predicted octanol–water partition coefficient (Wildman–Crippen LogP) is 3.81. The van der Waals surface area contributed by atoms with Crippen molar-refractivity contribution in [1.29, 1.82) is 0 Å². The lowest BCUT2D eigenvalue weighted by molar-refractivity contribution is -0.111. The van der Waals surface area contributed by atoms with E-state index >= 15 is 0 Å².